The van der Waals surface area contributed by atoms with Gasteiger partial charge in [-0.2, -0.15) is 0 Å². The molecule has 1 nitrogen and oxygen atoms in total. The van der Waals surface area contributed by atoms with Crippen molar-refractivity contribution >= 4 is 34.0 Å². The van der Waals surface area contributed by atoms with Crippen molar-refractivity contribution in [1.29, 1.82) is 0 Å². The van der Waals surface area contributed by atoms with E-state index in [9.17, 15) is 4.21 Å². The van der Waals surface area contributed by atoms with Crippen LogP contribution in [0.15, 0.2) is 59.5 Å². The third-order valence-corrected chi connectivity index (χ3v) is 4.78. The van der Waals surface area contributed by atoms with E-state index in [1.54, 1.807) is 24.3 Å². The molecule has 0 aromatic heterocycles. The topological polar surface area (TPSA) is 17.1 Å². The molecule has 0 radical (unpaired) electrons. The molecule has 0 amide bonds. The van der Waals surface area contributed by atoms with Crippen LogP contribution in [0.3, 0.4) is 0 Å². The lowest BCUT2D eigenvalue weighted by Crippen LogP contribution is -2.11. The predicted molar refractivity (Wildman–Crippen MR) is 77.6 cm³/mol. The van der Waals surface area contributed by atoms with Gasteiger partial charge in [0.15, 0.2) is 0 Å². The lowest BCUT2D eigenvalue weighted by atomic mass is 10.2. The maximum Gasteiger partial charge on any atom is 0.117 e. The van der Waals surface area contributed by atoms with Crippen molar-refractivity contribution < 1.29 is 4.21 Å². The zero-order valence-corrected chi connectivity index (χ0v) is 11.9. The zero-order chi connectivity index (χ0) is 13.0. The Bertz CT molecular complexity index is 525. The summed E-state index contributed by atoms with van der Waals surface area (Å²) in [5.41, 5.74) is 1.08. The summed E-state index contributed by atoms with van der Waals surface area (Å²) in [6.07, 6.45) is 0.581. The maximum atomic E-state index is 12.2. The molecule has 0 fully saturated rings. The normalized spacial score (nSPS) is 14.1. The highest BCUT2D eigenvalue weighted by molar-refractivity contribution is 7.87. The SMILES string of the molecule is O=S(c1ccc(Cl)cc1)[C@H](Cl)Cc1ccccc1. The third-order valence-electron chi connectivity index (χ3n) is 2.52. The first-order valence-electron chi connectivity index (χ1n) is 5.51. The number of hydrogen-bond acceptors (Lipinski definition) is 1. The van der Waals surface area contributed by atoms with Crippen molar-refractivity contribution in [2.24, 2.45) is 0 Å². The molecule has 18 heavy (non-hydrogen) atoms. The number of rotatable bonds is 4. The van der Waals surface area contributed by atoms with E-state index in [-0.39, 0.29) is 0 Å². The van der Waals surface area contributed by atoms with Crippen LogP contribution in [0.25, 0.3) is 0 Å². The van der Waals surface area contributed by atoms with Crippen molar-refractivity contribution in [2.45, 2.75) is 16.0 Å². The predicted octanol–water partition coefficient (Wildman–Crippen LogP) is 4.26. The second kappa shape index (κ2) is 6.37. The van der Waals surface area contributed by atoms with Crippen LogP contribution < -0.4 is 0 Å². The Hall–Kier alpha value is -0.830. The van der Waals surface area contributed by atoms with Gasteiger partial charge in [-0.1, -0.05) is 41.9 Å². The molecule has 1 unspecified atom stereocenters. The highest BCUT2D eigenvalue weighted by atomic mass is 35.5. The Labute approximate surface area is 119 Å². The van der Waals surface area contributed by atoms with Gasteiger partial charge in [-0.3, -0.25) is 4.21 Å². The van der Waals surface area contributed by atoms with E-state index in [0.29, 0.717) is 16.3 Å². The summed E-state index contributed by atoms with van der Waals surface area (Å²) in [6.45, 7) is 0. The standard InChI is InChI=1S/C14H12Cl2OS/c15-12-6-8-13(9-7-12)18(17)14(16)10-11-4-2-1-3-5-11/h1-9,14H,10H2/t14-,18?/m0/s1. The first-order valence-corrected chi connectivity index (χ1v) is 7.53. The smallest absolute Gasteiger partial charge is 0.117 e. The molecule has 0 N–H and O–H groups in total. The van der Waals surface area contributed by atoms with Crippen molar-refractivity contribution in [3.05, 3.63) is 65.2 Å². The number of benzene rings is 2. The maximum absolute atomic E-state index is 12.2. The molecule has 0 saturated heterocycles. The van der Waals surface area contributed by atoms with Crippen molar-refractivity contribution in [3.63, 3.8) is 0 Å². The fourth-order valence-electron chi connectivity index (χ4n) is 1.59. The minimum atomic E-state index is -1.23. The van der Waals surface area contributed by atoms with Gasteiger partial charge in [0, 0.05) is 16.3 Å². The van der Waals surface area contributed by atoms with E-state index < -0.39 is 15.5 Å². The molecule has 0 spiro atoms. The number of hydrogen-bond donors (Lipinski definition) is 0. The molecule has 2 atom stereocenters. The van der Waals surface area contributed by atoms with Crippen LogP contribution in [0, 0.1) is 0 Å². The first kappa shape index (κ1) is 13.6. The summed E-state index contributed by atoms with van der Waals surface area (Å²) in [4.78, 5) is 0.704. The average molecular weight is 299 g/mol. The highest BCUT2D eigenvalue weighted by Gasteiger charge is 2.15. The number of halogens is 2. The van der Waals surface area contributed by atoms with Gasteiger partial charge in [-0.25, -0.2) is 0 Å². The van der Waals surface area contributed by atoms with Gasteiger partial charge in [-0.05, 0) is 29.8 Å². The molecule has 94 valence electrons. The second-order valence-corrected chi connectivity index (χ2v) is 6.71. The summed E-state index contributed by atoms with van der Waals surface area (Å²) in [5, 5.41) is 0.630. The van der Waals surface area contributed by atoms with Crippen LogP contribution in [-0.4, -0.2) is 8.92 Å². The minimum absolute atomic E-state index is 0.437. The largest absolute Gasteiger partial charge is 0.253 e. The van der Waals surface area contributed by atoms with Crippen molar-refractivity contribution in [2.75, 3.05) is 0 Å². The van der Waals surface area contributed by atoms with Gasteiger partial charge < -0.3 is 0 Å². The monoisotopic (exact) mass is 298 g/mol. The third kappa shape index (κ3) is 3.58. The Balaban J connectivity index is 2.07. The second-order valence-electron chi connectivity index (χ2n) is 3.85. The fraction of sp³-hybridized carbons (Fsp3) is 0.143. The summed E-state index contributed by atoms with van der Waals surface area (Å²) < 4.78 is 11.8. The molecule has 0 aliphatic carbocycles. The van der Waals surface area contributed by atoms with E-state index in [2.05, 4.69) is 0 Å². The number of alkyl halides is 1. The van der Waals surface area contributed by atoms with Crippen LogP contribution in [0.1, 0.15) is 5.56 Å². The van der Waals surface area contributed by atoms with Gasteiger partial charge in [0.25, 0.3) is 0 Å². The Morgan fingerprint density at radius 2 is 1.61 bits per heavy atom. The molecular weight excluding hydrogens is 287 g/mol. The molecule has 0 heterocycles. The van der Waals surface area contributed by atoms with E-state index in [1.807, 2.05) is 30.3 Å². The van der Waals surface area contributed by atoms with Crippen molar-refractivity contribution in [3.8, 4) is 0 Å². The lowest BCUT2D eigenvalue weighted by Gasteiger charge is -2.09. The van der Waals surface area contributed by atoms with E-state index in [1.165, 1.54) is 0 Å². The van der Waals surface area contributed by atoms with E-state index in [4.69, 9.17) is 23.2 Å². The quantitative estimate of drug-likeness (QED) is 0.771. The fourth-order valence-corrected chi connectivity index (χ4v) is 3.25. The Kier molecular flexibility index (Phi) is 4.81. The van der Waals surface area contributed by atoms with Crippen molar-refractivity contribution in [1.82, 2.24) is 0 Å². The first-order chi connectivity index (χ1) is 8.66. The van der Waals surface area contributed by atoms with Gasteiger partial charge in [0.1, 0.15) is 4.71 Å². The van der Waals surface area contributed by atoms with Crippen LogP contribution in [-0.2, 0) is 17.2 Å². The molecular formula is C14H12Cl2OS. The van der Waals surface area contributed by atoms with Crippen LogP contribution in [0.2, 0.25) is 5.02 Å². The molecule has 0 saturated carbocycles. The molecule has 0 bridgehead atoms. The molecule has 0 aliphatic heterocycles. The van der Waals surface area contributed by atoms with Crippen LogP contribution >= 0.6 is 23.2 Å². The van der Waals surface area contributed by atoms with E-state index >= 15 is 0 Å². The van der Waals surface area contributed by atoms with Gasteiger partial charge >= 0.3 is 0 Å². The summed E-state index contributed by atoms with van der Waals surface area (Å²) >= 11 is 12.0. The Morgan fingerprint density at radius 3 is 2.22 bits per heavy atom. The minimum Gasteiger partial charge on any atom is -0.253 e. The van der Waals surface area contributed by atoms with Gasteiger partial charge in [-0.15, -0.1) is 11.6 Å². The lowest BCUT2D eigenvalue weighted by molar-refractivity contribution is 0.680. The summed E-state index contributed by atoms with van der Waals surface area (Å²) in [6, 6.07) is 16.7. The summed E-state index contributed by atoms with van der Waals surface area (Å²) in [5.74, 6) is 0. The molecule has 2 aromatic carbocycles. The highest BCUT2D eigenvalue weighted by Crippen LogP contribution is 2.20. The molecule has 2 rings (SSSR count). The molecule has 4 heteroatoms. The average Bonchev–Trinajstić information content (AvgIpc) is 2.40. The van der Waals surface area contributed by atoms with Crippen LogP contribution in [0.4, 0.5) is 0 Å². The van der Waals surface area contributed by atoms with Gasteiger partial charge in [0.05, 0.1) is 10.8 Å². The Morgan fingerprint density at radius 1 is 1.00 bits per heavy atom. The zero-order valence-electron chi connectivity index (χ0n) is 9.55. The molecule has 0 aliphatic rings. The summed E-state index contributed by atoms with van der Waals surface area (Å²) in [7, 11) is -1.23. The van der Waals surface area contributed by atoms with Crippen LogP contribution in [0.5, 0.6) is 0 Å². The molecule has 2 aromatic rings. The van der Waals surface area contributed by atoms with Gasteiger partial charge in [0.2, 0.25) is 0 Å². The van der Waals surface area contributed by atoms with E-state index in [0.717, 1.165) is 5.56 Å².